The predicted molar refractivity (Wildman–Crippen MR) is 98.8 cm³/mol. The number of rotatable bonds is 5. The molecule has 1 aliphatic carbocycles. The van der Waals surface area contributed by atoms with E-state index in [0.29, 0.717) is 12.5 Å². The highest BCUT2D eigenvalue weighted by atomic mass is 127. The quantitative estimate of drug-likeness (QED) is 0.344. The molecule has 1 aliphatic rings. The molecule has 0 radical (unpaired) electrons. The smallest absolute Gasteiger partial charge is 0.191 e. The fraction of sp³-hybridized carbons (Fsp3) is 0.562. The highest BCUT2D eigenvalue weighted by molar-refractivity contribution is 14.0. The van der Waals surface area contributed by atoms with Crippen LogP contribution < -0.4 is 10.6 Å². The first-order valence-corrected chi connectivity index (χ1v) is 7.36. The van der Waals surface area contributed by atoms with Crippen LogP contribution in [0.2, 0.25) is 0 Å². The summed E-state index contributed by atoms with van der Waals surface area (Å²) in [4.78, 5) is 4.24. The minimum atomic E-state index is 0. The molecule has 0 amide bonds. The fourth-order valence-corrected chi connectivity index (χ4v) is 2.78. The van der Waals surface area contributed by atoms with Crippen molar-refractivity contribution in [3.05, 3.63) is 35.4 Å². The Morgan fingerprint density at radius 1 is 1.33 bits per heavy atom. The molecule has 5 heteroatoms. The molecule has 0 saturated carbocycles. The van der Waals surface area contributed by atoms with Crippen LogP contribution in [0, 0.1) is 0 Å². The summed E-state index contributed by atoms with van der Waals surface area (Å²) in [7, 11) is 3.51. The van der Waals surface area contributed by atoms with Crippen molar-refractivity contribution >= 4 is 29.9 Å². The number of nitrogens with zero attached hydrogens (tertiary/aromatic N) is 1. The molecule has 4 nitrogen and oxygen atoms in total. The number of ether oxygens (including phenoxy) is 1. The second-order valence-electron chi connectivity index (χ2n) is 5.16. The number of benzene rings is 1. The summed E-state index contributed by atoms with van der Waals surface area (Å²) in [6.45, 7) is 2.40. The minimum absolute atomic E-state index is 0. The first kappa shape index (κ1) is 18.2. The average Bonchev–Trinajstić information content (AvgIpc) is 2.50. The van der Waals surface area contributed by atoms with Crippen LogP contribution in [0.15, 0.2) is 29.3 Å². The second kappa shape index (κ2) is 10.00. The molecule has 0 aliphatic heterocycles. The summed E-state index contributed by atoms with van der Waals surface area (Å²) in [6, 6.07) is 8.80. The molecule has 118 valence electrons. The topological polar surface area (TPSA) is 45.7 Å². The normalized spacial score (nSPS) is 17.6. The standard InChI is InChI=1S/C16H25N3O.HI/c1-17-16(18-10-11-20-2)19-12-14-8-5-7-13-6-3-4-9-15(13)14;/h3-4,6,9,14H,5,7-8,10-12H2,1-2H3,(H2,17,18,19);1H. The number of hydrogen-bond donors (Lipinski definition) is 2. The van der Waals surface area contributed by atoms with Crippen molar-refractivity contribution in [2.75, 3.05) is 33.9 Å². The number of guanidine groups is 1. The number of fused-ring (bicyclic) bond motifs is 1. The van der Waals surface area contributed by atoms with Gasteiger partial charge in [0.15, 0.2) is 5.96 Å². The first-order valence-electron chi connectivity index (χ1n) is 7.36. The summed E-state index contributed by atoms with van der Waals surface area (Å²) in [5, 5.41) is 6.67. The lowest BCUT2D eigenvalue weighted by molar-refractivity contribution is 0.203. The molecule has 0 aromatic heterocycles. The molecule has 0 heterocycles. The molecule has 2 rings (SSSR count). The van der Waals surface area contributed by atoms with Gasteiger partial charge in [0.2, 0.25) is 0 Å². The molecule has 0 bridgehead atoms. The van der Waals surface area contributed by atoms with Crippen LogP contribution in [0.3, 0.4) is 0 Å². The van der Waals surface area contributed by atoms with Crippen molar-refractivity contribution in [2.45, 2.75) is 25.2 Å². The van der Waals surface area contributed by atoms with Crippen LogP contribution in [0.1, 0.15) is 29.9 Å². The number of hydrogen-bond acceptors (Lipinski definition) is 2. The number of methoxy groups -OCH3 is 1. The van der Waals surface area contributed by atoms with Crippen molar-refractivity contribution in [3.63, 3.8) is 0 Å². The molecule has 1 aromatic rings. The molecular weight excluding hydrogens is 377 g/mol. The van der Waals surface area contributed by atoms with Crippen LogP contribution in [-0.4, -0.2) is 39.8 Å². The van der Waals surface area contributed by atoms with Gasteiger partial charge in [-0.1, -0.05) is 24.3 Å². The van der Waals surface area contributed by atoms with E-state index in [9.17, 15) is 0 Å². The SMILES string of the molecule is CN=C(NCCOC)NCC1CCCc2ccccc21.I. The van der Waals surface area contributed by atoms with E-state index >= 15 is 0 Å². The van der Waals surface area contributed by atoms with Gasteiger partial charge in [0.25, 0.3) is 0 Å². The Labute approximate surface area is 144 Å². The molecule has 2 N–H and O–H groups in total. The van der Waals surface area contributed by atoms with Gasteiger partial charge in [0, 0.05) is 33.2 Å². The van der Waals surface area contributed by atoms with Crippen molar-refractivity contribution in [3.8, 4) is 0 Å². The highest BCUT2D eigenvalue weighted by Gasteiger charge is 2.19. The van der Waals surface area contributed by atoms with Crippen LogP contribution in [0.5, 0.6) is 0 Å². The van der Waals surface area contributed by atoms with Gasteiger partial charge in [-0.2, -0.15) is 0 Å². The number of halogens is 1. The summed E-state index contributed by atoms with van der Waals surface area (Å²) >= 11 is 0. The van der Waals surface area contributed by atoms with Gasteiger partial charge in [-0.3, -0.25) is 4.99 Å². The summed E-state index contributed by atoms with van der Waals surface area (Å²) in [6.07, 6.45) is 3.74. The lowest BCUT2D eigenvalue weighted by Crippen LogP contribution is -2.41. The monoisotopic (exact) mass is 403 g/mol. The molecule has 0 saturated heterocycles. The predicted octanol–water partition coefficient (Wildman–Crippen LogP) is 2.54. The van der Waals surface area contributed by atoms with Crippen LogP contribution in [0.25, 0.3) is 0 Å². The molecule has 0 fully saturated rings. The lowest BCUT2D eigenvalue weighted by Gasteiger charge is -2.26. The molecule has 21 heavy (non-hydrogen) atoms. The molecule has 1 unspecified atom stereocenters. The zero-order valence-electron chi connectivity index (χ0n) is 12.9. The number of aliphatic imine (C=N–C) groups is 1. The highest BCUT2D eigenvalue weighted by Crippen LogP contribution is 2.30. The van der Waals surface area contributed by atoms with E-state index in [4.69, 9.17) is 4.74 Å². The Morgan fingerprint density at radius 3 is 2.90 bits per heavy atom. The molecule has 1 aromatic carbocycles. The van der Waals surface area contributed by atoms with Gasteiger partial charge in [0.05, 0.1) is 6.61 Å². The molecular formula is C16H26IN3O. The van der Waals surface area contributed by atoms with E-state index in [1.807, 2.05) is 0 Å². The van der Waals surface area contributed by atoms with E-state index in [1.54, 1.807) is 14.2 Å². The van der Waals surface area contributed by atoms with Crippen LogP contribution >= 0.6 is 24.0 Å². The van der Waals surface area contributed by atoms with E-state index in [0.717, 1.165) is 19.0 Å². The first-order chi connectivity index (χ1) is 9.85. The maximum Gasteiger partial charge on any atom is 0.191 e. The van der Waals surface area contributed by atoms with Gasteiger partial charge in [-0.15, -0.1) is 24.0 Å². The Bertz CT molecular complexity index is 451. The van der Waals surface area contributed by atoms with E-state index in [1.165, 1.54) is 30.4 Å². The Kier molecular flexibility index (Phi) is 8.68. The second-order valence-corrected chi connectivity index (χ2v) is 5.16. The van der Waals surface area contributed by atoms with Gasteiger partial charge in [-0.05, 0) is 30.4 Å². The van der Waals surface area contributed by atoms with Crippen LogP contribution in [0.4, 0.5) is 0 Å². The van der Waals surface area contributed by atoms with Crippen LogP contribution in [-0.2, 0) is 11.2 Å². The minimum Gasteiger partial charge on any atom is -0.383 e. The fourth-order valence-electron chi connectivity index (χ4n) is 2.78. The zero-order valence-corrected chi connectivity index (χ0v) is 15.2. The number of nitrogens with one attached hydrogen (secondary N) is 2. The van der Waals surface area contributed by atoms with Crippen molar-refractivity contribution < 1.29 is 4.74 Å². The summed E-state index contributed by atoms with van der Waals surface area (Å²) < 4.78 is 5.03. The van der Waals surface area contributed by atoms with Crippen molar-refractivity contribution in [1.82, 2.24) is 10.6 Å². The van der Waals surface area contributed by atoms with Crippen molar-refractivity contribution in [1.29, 1.82) is 0 Å². The van der Waals surface area contributed by atoms with Crippen molar-refractivity contribution in [2.24, 2.45) is 4.99 Å². The number of aryl methyl sites for hydroxylation is 1. The van der Waals surface area contributed by atoms with E-state index in [-0.39, 0.29) is 24.0 Å². The summed E-state index contributed by atoms with van der Waals surface area (Å²) in [5.74, 6) is 1.44. The van der Waals surface area contributed by atoms with Gasteiger partial charge < -0.3 is 15.4 Å². The van der Waals surface area contributed by atoms with E-state index in [2.05, 4.69) is 39.9 Å². The largest absolute Gasteiger partial charge is 0.383 e. The average molecular weight is 403 g/mol. The Morgan fingerprint density at radius 2 is 2.14 bits per heavy atom. The zero-order chi connectivity index (χ0) is 14.2. The maximum atomic E-state index is 5.03. The Balaban J connectivity index is 0.00000220. The third-order valence-electron chi connectivity index (χ3n) is 3.83. The van der Waals surface area contributed by atoms with E-state index < -0.39 is 0 Å². The van der Waals surface area contributed by atoms with Gasteiger partial charge in [0.1, 0.15) is 0 Å². The third kappa shape index (κ3) is 5.47. The third-order valence-corrected chi connectivity index (χ3v) is 3.83. The lowest BCUT2D eigenvalue weighted by atomic mass is 9.83. The molecule has 1 atom stereocenters. The summed E-state index contributed by atoms with van der Waals surface area (Å²) in [5.41, 5.74) is 3.01. The van der Waals surface area contributed by atoms with Gasteiger partial charge >= 0.3 is 0 Å². The molecule has 0 spiro atoms. The van der Waals surface area contributed by atoms with Gasteiger partial charge in [-0.25, -0.2) is 0 Å². The maximum absolute atomic E-state index is 5.03. The Hall–Kier alpha value is -0.820.